The van der Waals surface area contributed by atoms with Gasteiger partial charge >= 0.3 is 0 Å². The van der Waals surface area contributed by atoms with E-state index in [9.17, 15) is 4.79 Å². The van der Waals surface area contributed by atoms with Crippen LogP contribution in [0.1, 0.15) is 39.3 Å². The number of aromatic nitrogens is 2. The number of hydrogen-bond acceptors (Lipinski definition) is 5. The second-order valence-electron chi connectivity index (χ2n) is 7.58. The van der Waals surface area contributed by atoms with Gasteiger partial charge < -0.3 is 25.0 Å². The van der Waals surface area contributed by atoms with Gasteiger partial charge in [-0.2, -0.15) is 0 Å². The molecule has 2 aromatic rings. The summed E-state index contributed by atoms with van der Waals surface area (Å²) in [6.45, 7) is 10.9. The Balaban J connectivity index is 0.000000314. The molecule has 3 N–H and O–H groups in total. The van der Waals surface area contributed by atoms with Crippen molar-refractivity contribution in [1.82, 2.24) is 19.8 Å². The molecule has 0 saturated carbocycles. The maximum atomic E-state index is 11.7. The molecule has 0 aliphatic carbocycles. The molecule has 0 radical (unpaired) electrons. The lowest BCUT2D eigenvalue weighted by Crippen LogP contribution is -2.32. The van der Waals surface area contributed by atoms with E-state index in [4.69, 9.17) is 10.2 Å². The van der Waals surface area contributed by atoms with Gasteiger partial charge in [-0.15, -0.1) is 0 Å². The first kappa shape index (κ1) is 27.9. The molecule has 0 aromatic carbocycles. The summed E-state index contributed by atoms with van der Waals surface area (Å²) in [6, 6.07) is 6.21. The molecule has 0 spiro atoms. The lowest BCUT2D eigenvalue weighted by atomic mass is 10.0. The summed E-state index contributed by atoms with van der Waals surface area (Å²) < 4.78 is 0. The van der Waals surface area contributed by atoms with Crippen molar-refractivity contribution in [3.63, 3.8) is 0 Å². The number of carbonyl (C=O) groups is 1. The summed E-state index contributed by atoms with van der Waals surface area (Å²) >= 11 is 0. The predicted molar refractivity (Wildman–Crippen MR) is 136 cm³/mol. The summed E-state index contributed by atoms with van der Waals surface area (Å²) in [5, 5.41) is 16.8. The molecule has 0 atom stereocenters. The van der Waals surface area contributed by atoms with Crippen LogP contribution in [0.2, 0.25) is 0 Å². The zero-order valence-electron chi connectivity index (χ0n) is 20.5. The molecule has 0 fully saturated rings. The van der Waals surface area contributed by atoms with Crippen LogP contribution in [0.3, 0.4) is 0 Å². The topological polar surface area (TPSA) is 92.7 Å². The number of carbonyl (C=O) groups excluding carboxylic acids is 1. The van der Waals surface area contributed by atoms with Crippen LogP contribution in [0.5, 0.6) is 0 Å². The molecule has 3 rings (SSSR count). The summed E-state index contributed by atoms with van der Waals surface area (Å²) in [7, 11) is 3.06. The molecule has 0 saturated heterocycles. The molecule has 180 valence electrons. The third-order valence-corrected chi connectivity index (χ3v) is 4.89. The van der Waals surface area contributed by atoms with Crippen molar-refractivity contribution in [3.8, 4) is 0 Å². The molecule has 7 nitrogen and oxygen atoms in total. The highest BCUT2D eigenvalue weighted by molar-refractivity contribution is 5.95. The van der Waals surface area contributed by atoms with Gasteiger partial charge in [-0.1, -0.05) is 24.3 Å². The minimum Gasteiger partial charge on any atom is -0.400 e. The standard InChI is InChI=1S/C14H15N3.C11H19NO2.CH4O/c1-10-6-12(9-17(2)8-10)13-7-11-4-3-5-15-14(11)16-13;1-4-7-10(3)11(14)12(5-2)8-6-9-13;1-2/h3-5,7-9H,6H2,1-2H3,(H,15,16);4,7,13H,3,5-6,8-9H2,1-2H3;2H,1H3/b;7-4-;. The molecule has 1 aliphatic heterocycles. The molecular formula is C26H38N4O3. The Morgan fingerprint density at radius 3 is 2.67 bits per heavy atom. The lowest BCUT2D eigenvalue weighted by Gasteiger charge is -2.20. The average molecular weight is 455 g/mol. The van der Waals surface area contributed by atoms with Gasteiger partial charge in [0, 0.05) is 69.1 Å². The number of aliphatic hydroxyl groups is 2. The van der Waals surface area contributed by atoms with Crippen LogP contribution in [0.4, 0.5) is 0 Å². The van der Waals surface area contributed by atoms with Gasteiger partial charge in [0.2, 0.25) is 0 Å². The number of nitrogens with one attached hydrogen (secondary N) is 1. The Bertz CT molecular complexity index is 955. The highest BCUT2D eigenvalue weighted by Gasteiger charge is 2.12. The number of aromatic amines is 1. The van der Waals surface area contributed by atoms with E-state index in [-0.39, 0.29) is 12.5 Å². The first-order valence-electron chi connectivity index (χ1n) is 11.1. The third kappa shape index (κ3) is 8.71. The normalized spacial score (nSPS) is 12.9. The summed E-state index contributed by atoms with van der Waals surface area (Å²) in [5.74, 6) is -0.0564. The Kier molecular flexibility index (Phi) is 12.5. The van der Waals surface area contributed by atoms with E-state index in [0.29, 0.717) is 25.1 Å². The van der Waals surface area contributed by atoms with Crippen LogP contribution in [-0.2, 0) is 4.79 Å². The summed E-state index contributed by atoms with van der Waals surface area (Å²) in [6.07, 6.45) is 11.2. The summed E-state index contributed by atoms with van der Waals surface area (Å²) in [5.41, 5.74) is 5.30. The van der Waals surface area contributed by atoms with Gasteiger partial charge in [-0.25, -0.2) is 4.98 Å². The van der Waals surface area contributed by atoms with E-state index in [1.165, 1.54) is 16.5 Å². The van der Waals surface area contributed by atoms with E-state index in [0.717, 1.165) is 24.9 Å². The van der Waals surface area contributed by atoms with Crippen molar-refractivity contribution < 1.29 is 15.0 Å². The molecule has 1 aliphatic rings. The molecule has 1 amide bonds. The monoisotopic (exact) mass is 454 g/mol. The number of H-pyrrole nitrogens is 1. The van der Waals surface area contributed by atoms with Gasteiger partial charge in [-0.3, -0.25) is 4.79 Å². The zero-order chi connectivity index (χ0) is 24.8. The van der Waals surface area contributed by atoms with Gasteiger partial charge in [-0.05, 0) is 57.4 Å². The van der Waals surface area contributed by atoms with Crippen LogP contribution < -0.4 is 0 Å². The molecular weight excluding hydrogens is 416 g/mol. The Labute approximate surface area is 197 Å². The Morgan fingerprint density at radius 2 is 2.09 bits per heavy atom. The largest absolute Gasteiger partial charge is 0.400 e. The number of allylic oxidation sites excluding steroid dienone is 3. The molecule has 0 unspecified atom stereocenters. The maximum absolute atomic E-state index is 11.7. The minimum absolute atomic E-state index is 0.0564. The SMILES string of the molecule is C=C(/C=C\C)C(=O)N(CC)CCCO.CC1=CN(C)C=C(c2cc3cccnc3[nH]2)C1.CO. The fourth-order valence-electron chi connectivity index (χ4n) is 3.46. The van der Waals surface area contributed by atoms with E-state index in [1.54, 1.807) is 17.1 Å². The van der Waals surface area contributed by atoms with Gasteiger partial charge in [0.05, 0.1) is 0 Å². The first-order valence-corrected chi connectivity index (χ1v) is 11.1. The van der Waals surface area contributed by atoms with Crippen molar-refractivity contribution in [2.45, 2.75) is 33.6 Å². The van der Waals surface area contributed by atoms with Crippen LogP contribution in [0.15, 0.2) is 66.7 Å². The number of rotatable bonds is 7. The van der Waals surface area contributed by atoms with E-state index in [1.807, 2.05) is 26.1 Å². The highest BCUT2D eigenvalue weighted by Crippen LogP contribution is 2.27. The van der Waals surface area contributed by atoms with E-state index in [2.05, 4.69) is 60.0 Å². The smallest absolute Gasteiger partial charge is 0.253 e. The minimum atomic E-state index is -0.0564. The number of pyridine rings is 1. The van der Waals surface area contributed by atoms with E-state index >= 15 is 0 Å². The maximum Gasteiger partial charge on any atom is 0.253 e. The fourth-order valence-corrected chi connectivity index (χ4v) is 3.46. The highest BCUT2D eigenvalue weighted by atomic mass is 16.3. The quantitative estimate of drug-likeness (QED) is 0.433. The van der Waals surface area contributed by atoms with Crippen LogP contribution in [0, 0.1) is 0 Å². The second-order valence-corrected chi connectivity index (χ2v) is 7.58. The number of nitrogens with zero attached hydrogens (tertiary/aromatic N) is 3. The fraction of sp³-hybridized carbons (Fsp3) is 0.385. The number of likely N-dealkylation sites (N-methyl/N-ethyl adjacent to an activating group) is 1. The van der Waals surface area contributed by atoms with Crippen LogP contribution in [-0.4, -0.2) is 69.7 Å². The molecule has 2 aromatic heterocycles. The lowest BCUT2D eigenvalue weighted by molar-refractivity contribution is -0.126. The zero-order valence-corrected chi connectivity index (χ0v) is 20.5. The number of fused-ring (bicyclic) bond motifs is 1. The second kappa shape index (κ2) is 14.8. The van der Waals surface area contributed by atoms with Crippen LogP contribution in [0.25, 0.3) is 16.6 Å². The van der Waals surface area contributed by atoms with Gasteiger partial charge in [0.25, 0.3) is 5.91 Å². The van der Waals surface area contributed by atoms with E-state index < -0.39 is 0 Å². The van der Waals surface area contributed by atoms with Gasteiger partial charge in [0.15, 0.2) is 0 Å². The summed E-state index contributed by atoms with van der Waals surface area (Å²) in [4.78, 5) is 23.1. The van der Waals surface area contributed by atoms with Gasteiger partial charge in [0.1, 0.15) is 5.65 Å². The average Bonchev–Trinajstić information content (AvgIpc) is 3.25. The first-order chi connectivity index (χ1) is 15.9. The van der Waals surface area contributed by atoms with Crippen molar-refractivity contribution in [2.24, 2.45) is 0 Å². The number of aliphatic hydroxyl groups excluding tert-OH is 2. The Hall–Kier alpha value is -3.16. The van der Waals surface area contributed by atoms with Crippen molar-refractivity contribution in [2.75, 3.05) is 33.9 Å². The number of amides is 1. The molecule has 7 heteroatoms. The number of hydrogen-bond donors (Lipinski definition) is 3. The molecule has 3 heterocycles. The van der Waals surface area contributed by atoms with Crippen molar-refractivity contribution in [3.05, 3.63) is 72.4 Å². The molecule has 33 heavy (non-hydrogen) atoms. The third-order valence-electron chi connectivity index (χ3n) is 4.89. The predicted octanol–water partition coefficient (Wildman–Crippen LogP) is 4.10. The molecule has 0 bridgehead atoms. The van der Waals surface area contributed by atoms with Crippen molar-refractivity contribution >= 4 is 22.5 Å². The van der Waals surface area contributed by atoms with Crippen molar-refractivity contribution in [1.29, 1.82) is 0 Å². The van der Waals surface area contributed by atoms with Crippen LogP contribution >= 0.6 is 0 Å². The Morgan fingerprint density at radius 1 is 1.36 bits per heavy atom.